The molecule has 0 spiro atoms. The highest BCUT2D eigenvalue weighted by atomic mass is 28.4. The van der Waals surface area contributed by atoms with Gasteiger partial charge < -0.3 is 4.23 Å². The molecule has 0 saturated carbocycles. The van der Waals surface area contributed by atoms with Gasteiger partial charge in [0.1, 0.15) is 17.2 Å². The molecule has 0 aromatic heterocycles. The summed E-state index contributed by atoms with van der Waals surface area (Å²) in [5, 5.41) is 0. The standard InChI is InChI=1S/C24H55NSi2/c1-7-13-19-25(26(20-14-8-2)21-15-9-3)27(22-16-10-4,23-17-11-5)24-18-12-6/h26H,7-24H2,1-6H3. The summed E-state index contributed by atoms with van der Waals surface area (Å²) < 4.78 is 3.38. The smallest absolute Gasteiger partial charge is 0.121 e. The van der Waals surface area contributed by atoms with Gasteiger partial charge in [-0.25, -0.2) is 0 Å². The van der Waals surface area contributed by atoms with Gasteiger partial charge in [-0.3, -0.25) is 0 Å². The van der Waals surface area contributed by atoms with E-state index in [2.05, 4.69) is 45.8 Å². The molecule has 164 valence electrons. The van der Waals surface area contributed by atoms with Crippen LogP contribution < -0.4 is 0 Å². The van der Waals surface area contributed by atoms with Crippen LogP contribution in [-0.2, 0) is 0 Å². The highest BCUT2D eigenvalue weighted by Gasteiger charge is 2.40. The van der Waals surface area contributed by atoms with Gasteiger partial charge in [0.25, 0.3) is 0 Å². The fourth-order valence-corrected chi connectivity index (χ4v) is 18.3. The van der Waals surface area contributed by atoms with E-state index in [-0.39, 0.29) is 0 Å². The normalized spacial score (nSPS) is 12.4. The zero-order chi connectivity index (χ0) is 20.4. The van der Waals surface area contributed by atoms with Crippen LogP contribution in [0.15, 0.2) is 0 Å². The molecular formula is C24H55NSi2. The molecule has 0 bridgehead atoms. The molecular weight excluding hydrogens is 358 g/mol. The Hall–Kier alpha value is 0.394. The predicted molar refractivity (Wildman–Crippen MR) is 133 cm³/mol. The summed E-state index contributed by atoms with van der Waals surface area (Å²) in [6.07, 6.45) is 17.2. The lowest BCUT2D eigenvalue weighted by atomic mass is 10.3. The molecule has 0 radical (unpaired) electrons. The zero-order valence-electron chi connectivity index (χ0n) is 20.3. The van der Waals surface area contributed by atoms with Gasteiger partial charge in [-0.1, -0.05) is 112 Å². The van der Waals surface area contributed by atoms with E-state index < -0.39 is 17.2 Å². The van der Waals surface area contributed by atoms with Crippen molar-refractivity contribution in [2.24, 2.45) is 0 Å². The Morgan fingerprint density at radius 1 is 0.519 bits per heavy atom. The predicted octanol–water partition coefficient (Wildman–Crippen LogP) is 8.76. The van der Waals surface area contributed by atoms with E-state index in [0.29, 0.717) is 0 Å². The first-order valence-electron chi connectivity index (χ1n) is 12.9. The Kier molecular flexibility index (Phi) is 18.7. The van der Waals surface area contributed by atoms with Crippen molar-refractivity contribution in [2.45, 2.75) is 149 Å². The first-order valence-corrected chi connectivity index (χ1v) is 17.6. The lowest BCUT2D eigenvalue weighted by molar-refractivity contribution is 0.542. The highest BCUT2D eigenvalue weighted by molar-refractivity contribution is 6.85. The van der Waals surface area contributed by atoms with Crippen LogP contribution >= 0.6 is 0 Å². The maximum atomic E-state index is 3.38. The largest absolute Gasteiger partial charge is 0.347 e. The van der Waals surface area contributed by atoms with Crippen molar-refractivity contribution in [1.82, 2.24) is 4.23 Å². The fraction of sp³-hybridized carbons (Fsp3) is 1.00. The second-order valence-electron chi connectivity index (χ2n) is 9.02. The van der Waals surface area contributed by atoms with Crippen molar-refractivity contribution in [3.05, 3.63) is 0 Å². The van der Waals surface area contributed by atoms with Crippen LogP contribution in [0.3, 0.4) is 0 Å². The van der Waals surface area contributed by atoms with Gasteiger partial charge in [-0.2, -0.15) is 0 Å². The van der Waals surface area contributed by atoms with E-state index in [9.17, 15) is 0 Å². The monoisotopic (exact) mass is 413 g/mol. The number of unbranched alkanes of at least 4 members (excludes halogenated alkanes) is 6. The van der Waals surface area contributed by atoms with E-state index in [4.69, 9.17) is 0 Å². The molecule has 27 heavy (non-hydrogen) atoms. The van der Waals surface area contributed by atoms with Crippen LogP contribution in [0.1, 0.15) is 119 Å². The second kappa shape index (κ2) is 18.4. The molecule has 3 heteroatoms. The van der Waals surface area contributed by atoms with Crippen molar-refractivity contribution in [1.29, 1.82) is 0 Å². The average Bonchev–Trinajstić information content (AvgIpc) is 2.69. The van der Waals surface area contributed by atoms with Crippen LogP contribution in [0, 0.1) is 0 Å². The molecule has 0 heterocycles. The fourth-order valence-electron chi connectivity index (χ4n) is 4.79. The molecule has 0 aliphatic carbocycles. The molecule has 0 aliphatic heterocycles. The van der Waals surface area contributed by atoms with Crippen molar-refractivity contribution in [3.8, 4) is 0 Å². The molecule has 0 N–H and O–H groups in total. The van der Waals surface area contributed by atoms with Gasteiger partial charge in [0, 0.05) is 0 Å². The van der Waals surface area contributed by atoms with E-state index >= 15 is 0 Å². The Morgan fingerprint density at radius 3 is 1.22 bits per heavy atom. The third kappa shape index (κ3) is 11.2. The minimum Gasteiger partial charge on any atom is -0.347 e. The third-order valence-electron chi connectivity index (χ3n) is 6.57. The van der Waals surface area contributed by atoms with Gasteiger partial charge in [0.2, 0.25) is 0 Å². The van der Waals surface area contributed by atoms with Crippen LogP contribution in [0.4, 0.5) is 0 Å². The maximum absolute atomic E-state index is 3.38. The first-order chi connectivity index (χ1) is 13.2. The maximum Gasteiger partial charge on any atom is 0.121 e. The van der Waals surface area contributed by atoms with E-state index in [1.165, 1.54) is 83.6 Å². The summed E-state index contributed by atoms with van der Waals surface area (Å²) >= 11 is 0. The van der Waals surface area contributed by atoms with Crippen LogP contribution in [0.2, 0.25) is 30.2 Å². The van der Waals surface area contributed by atoms with Gasteiger partial charge >= 0.3 is 0 Å². The number of hydrogen-bond donors (Lipinski definition) is 0. The van der Waals surface area contributed by atoms with Crippen molar-refractivity contribution in [3.63, 3.8) is 0 Å². The average molecular weight is 414 g/mol. The molecule has 0 unspecified atom stereocenters. The SMILES string of the molecule is CCCCN([SiH](CCCC)CCCC)[Si](CCCC)(CCCC)CCCC. The topological polar surface area (TPSA) is 3.24 Å². The number of hydrogen-bond acceptors (Lipinski definition) is 1. The zero-order valence-corrected chi connectivity index (χ0v) is 22.4. The molecule has 0 amide bonds. The molecule has 0 atom stereocenters. The van der Waals surface area contributed by atoms with Crippen LogP contribution in [0.25, 0.3) is 0 Å². The molecule has 0 rings (SSSR count). The minimum atomic E-state index is -1.29. The quantitative estimate of drug-likeness (QED) is 0.180. The molecule has 0 aromatic carbocycles. The van der Waals surface area contributed by atoms with Gasteiger partial charge in [-0.05, 0) is 43.2 Å². The molecule has 0 fully saturated rings. The van der Waals surface area contributed by atoms with Crippen LogP contribution in [-0.4, -0.2) is 28.0 Å². The number of nitrogens with zero attached hydrogens (tertiary/aromatic N) is 1. The van der Waals surface area contributed by atoms with E-state index in [1.807, 2.05) is 0 Å². The van der Waals surface area contributed by atoms with E-state index in [0.717, 1.165) is 0 Å². The lowest BCUT2D eigenvalue weighted by Crippen LogP contribution is -2.60. The van der Waals surface area contributed by atoms with Crippen molar-refractivity contribution < 1.29 is 0 Å². The first kappa shape index (κ1) is 27.4. The molecule has 1 nitrogen and oxygen atoms in total. The highest BCUT2D eigenvalue weighted by Crippen LogP contribution is 2.35. The molecule has 0 aromatic rings. The summed E-state index contributed by atoms with van der Waals surface area (Å²) in [7, 11) is -2.07. The van der Waals surface area contributed by atoms with Crippen LogP contribution in [0.5, 0.6) is 0 Å². The van der Waals surface area contributed by atoms with Gasteiger partial charge in [0.05, 0.1) is 0 Å². The number of rotatable bonds is 20. The second-order valence-corrected chi connectivity index (χ2v) is 17.1. The summed E-state index contributed by atoms with van der Waals surface area (Å²) in [4.78, 5) is 0. The Morgan fingerprint density at radius 2 is 0.889 bits per heavy atom. The minimum absolute atomic E-state index is 0.774. The lowest BCUT2D eigenvalue weighted by Gasteiger charge is -2.48. The third-order valence-corrected chi connectivity index (χ3v) is 17.9. The Balaban J connectivity index is 5.75. The summed E-state index contributed by atoms with van der Waals surface area (Å²) in [5.74, 6) is 0. The Labute approximate surface area is 176 Å². The van der Waals surface area contributed by atoms with Gasteiger partial charge in [-0.15, -0.1) is 0 Å². The summed E-state index contributed by atoms with van der Waals surface area (Å²) in [5.41, 5.74) is 0. The van der Waals surface area contributed by atoms with E-state index in [1.54, 1.807) is 30.2 Å². The molecule has 0 aliphatic rings. The van der Waals surface area contributed by atoms with Gasteiger partial charge in [0.15, 0.2) is 0 Å². The summed E-state index contributed by atoms with van der Waals surface area (Å²) in [6.45, 7) is 15.9. The van der Waals surface area contributed by atoms with Crippen molar-refractivity contribution in [2.75, 3.05) is 6.54 Å². The summed E-state index contributed by atoms with van der Waals surface area (Å²) in [6, 6.07) is 8.01. The van der Waals surface area contributed by atoms with Crippen molar-refractivity contribution >= 4 is 17.2 Å². The molecule has 0 saturated heterocycles. The Bertz CT molecular complexity index is 279.